The van der Waals surface area contributed by atoms with Crippen LogP contribution in [0.15, 0.2) is 42.7 Å². The normalized spacial score (nSPS) is 10.1. The lowest BCUT2D eigenvalue weighted by atomic mass is 10.0. The summed E-state index contributed by atoms with van der Waals surface area (Å²) < 4.78 is 0. The van der Waals surface area contributed by atoms with Crippen LogP contribution in [0.4, 0.5) is 5.95 Å². The number of nitrogens with zero attached hydrogens (tertiary/aromatic N) is 2. The molecule has 0 bridgehead atoms. The SMILES string of the molecule is Cc1ccccc1C(=O)CCC(=O)Nc1ncccn1. The number of carbonyl (C=O) groups is 2. The molecule has 20 heavy (non-hydrogen) atoms. The van der Waals surface area contributed by atoms with E-state index in [2.05, 4.69) is 15.3 Å². The first kappa shape index (κ1) is 13.9. The van der Waals surface area contributed by atoms with Crippen molar-refractivity contribution < 1.29 is 9.59 Å². The van der Waals surface area contributed by atoms with Gasteiger partial charge in [0, 0.05) is 30.8 Å². The summed E-state index contributed by atoms with van der Waals surface area (Å²) in [5.41, 5.74) is 1.58. The third-order valence-electron chi connectivity index (χ3n) is 2.84. The van der Waals surface area contributed by atoms with Crippen LogP contribution in [0.2, 0.25) is 0 Å². The van der Waals surface area contributed by atoms with Crippen molar-refractivity contribution in [1.82, 2.24) is 9.97 Å². The number of aryl methyl sites for hydroxylation is 1. The maximum atomic E-state index is 12.0. The Labute approximate surface area is 117 Å². The second kappa shape index (κ2) is 6.56. The molecule has 0 aliphatic heterocycles. The van der Waals surface area contributed by atoms with Crippen LogP contribution in [0.1, 0.15) is 28.8 Å². The number of rotatable bonds is 5. The van der Waals surface area contributed by atoms with E-state index in [1.807, 2.05) is 25.1 Å². The predicted octanol–water partition coefficient (Wildman–Crippen LogP) is 2.39. The minimum absolute atomic E-state index is 0.0350. The number of amides is 1. The van der Waals surface area contributed by atoms with Crippen molar-refractivity contribution >= 4 is 17.6 Å². The minimum atomic E-state index is -0.266. The van der Waals surface area contributed by atoms with E-state index in [0.717, 1.165) is 5.56 Å². The van der Waals surface area contributed by atoms with Gasteiger partial charge in [-0.2, -0.15) is 0 Å². The van der Waals surface area contributed by atoms with Crippen molar-refractivity contribution in [3.63, 3.8) is 0 Å². The van der Waals surface area contributed by atoms with Crippen LogP contribution in [0, 0.1) is 6.92 Å². The Morgan fingerprint density at radius 1 is 1.05 bits per heavy atom. The number of nitrogens with one attached hydrogen (secondary N) is 1. The summed E-state index contributed by atoms with van der Waals surface area (Å²) in [5.74, 6) is -0.0498. The number of hydrogen-bond acceptors (Lipinski definition) is 4. The van der Waals surface area contributed by atoms with Crippen molar-refractivity contribution in [1.29, 1.82) is 0 Å². The molecule has 1 amide bonds. The fraction of sp³-hybridized carbons (Fsp3) is 0.200. The van der Waals surface area contributed by atoms with Crippen LogP contribution in [-0.4, -0.2) is 21.7 Å². The minimum Gasteiger partial charge on any atom is -0.295 e. The molecule has 0 spiro atoms. The largest absolute Gasteiger partial charge is 0.295 e. The van der Waals surface area contributed by atoms with Gasteiger partial charge in [-0.1, -0.05) is 24.3 Å². The van der Waals surface area contributed by atoms with Crippen LogP contribution in [0.3, 0.4) is 0 Å². The first-order valence-electron chi connectivity index (χ1n) is 6.32. The summed E-state index contributed by atoms with van der Waals surface area (Å²) >= 11 is 0. The summed E-state index contributed by atoms with van der Waals surface area (Å²) in [6.45, 7) is 1.88. The van der Waals surface area contributed by atoms with E-state index in [9.17, 15) is 9.59 Å². The lowest BCUT2D eigenvalue weighted by Gasteiger charge is -2.05. The molecule has 0 aliphatic carbocycles. The molecule has 2 aromatic rings. The highest BCUT2D eigenvalue weighted by Crippen LogP contribution is 2.11. The highest BCUT2D eigenvalue weighted by Gasteiger charge is 2.11. The lowest BCUT2D eigenvalue weighted by molar-refractivity contribution is -0.116. The summed E-state index contributed by atoms with van der Waals surface area (Å²) in [4.78, 5) is 31.5. The number of anilines is 1. The predicted molar refractivity (Wildman–Crippen MR) is 75.4 cm³/mol. The van der Waals surface area contributed by atoms with Gasteiger partial charge in [0.25, 0.3) is 0 Å². The van der Waals surface area contributed by atoms with Gasteiger partial charge in [0.1, 0.15) is 0 Å². The zero-order valence-corrected chi connectivity index (χ0v) is 11.2. The van der Waals surface area contributed by atoms with Gasteiger partial charge in [-0.15, -0.1) is 0 Å². The van der Waals surface area contributed by atoms with Crippen molar-refractivity contribution in [2.24, 2.45) is 0 Å². The van der Waals surface area contributed by atoms with Crippen molar-refractivity contribution in [3.05, 3.63) is 53.9 Å². The van der Waals surface area contributed by atoms with Crippen molar-refractivity contribution in [3.8, 4) is 0 Å². The number of Topliss-reactive ketones (excluding diaryl/α,β-unsaturated/α-hetero) is 1. The van der Waals surface area contributed by atoms with Crippen LogP contribution in [0.5, 0.6) is 0 Å². The van der Waals surface area contributed by atoms with Gasteiger partial charge >= 0.3 is 0 Å². The molecule has 0 saturated carbocycles. The van der Waals surface area contributed by atoms with Crippen LogP contribution in [-0.2, 0) is 4.79 Å². The third kappa shape index (κ3) is 3.71. The summed E-state index contributed by atoms with van der Waals surface area (Å²) in [6.07, 6.45) is 3.37. The van der Waals surface area contributed by atoms with Gasteiger partial charge in [0.15, 0.2) is 5.78 Å². The highest BCUT2D eigenvalue weighted by atomic mass is 16.2. The monoisotopic (exact) mass is 269 g/mol. The molecule has 1 aromatic carbocycles. The molecule has 0 saturated heterocycles. The molecule has 0 atom stereocenters. The number of aromatic nitrogens is 2. The maximum Gasteiger partial charge on any atom is 0.229 e. The van der Waals surface area contributed by atoms with E-state index >= 15 is 0 Å². The molecule has 0 radical (unpaired) electrons. The van der Waals surface area contributed by atoms with Crippen molar-refractivity contribution in [2.75, 3.05) is 5.32 Å². The van der Waals surface area contributed by atoms with Gasteiger partial charge < -0.3 is 0 Å². The molecule has 2 rings (SSSR count). The Morgan fingerprint density at radius 2 is 1.75 bits per heavy atom. The van der Waals surface area contributed by atoms with E-state index in [1.165, 1.54) is 0 Å². The quantitative estimate of drug-likeness (QED) is 0.846. The number of benzene rings is 1. The molecular formula is C15H15N3O2. The van der Waals surface area contributed by atoms with Crippen LogP contribution in [0.25, 0.3) is 0 Å². The molecule has 0 unspecified atom stereocenters. The second-order valence-electron chi connectivity index (χ2n) is 4.36. The molecular weight excluding hydrogens is 254 g/mol. The summed E-state index contributed by atoms with van der Waals surface area (Å²) in [7, 11) is 0. The maximum absolute atomic E-state index is 12.0. The fourth-order valence-electron chi connectivity index (χ4n) is 1.80. The summed E-state index contributed by atoms with van der Waals surface area (Å²) in [6, 6.07) is 9.02. The van der Waals surface area contributed by atoms with Gasteiger partial charge in [-0.25, -0.2) is 9.97 Å². The van der Waals surface area contributed by atoms with Gasteiger partial charge in [0.05, 0.1) is 0 Å². The number of hydrogen-bond donors (Lipinski definition) is 1. The molecule has 5 nitrogen and oxygen atoms in total. The highest BCUT2D eigenvalue weighted by molar-refractivity contribution is 6.00. The standard InChI is InChI=1S/C15H15N3O2/c1-11-5-2-3-6-12(11)13(19)7-8-14(20)18-15-16-9-4-10-17-15/h2-6,9-10H,7-8H2,1H3,(H,16,17,18,20). The number of ketones is 1. The topological polar surface area (TPSA) is 72.0 Å². The Morgan fingerprint density at radius 3 is 2.45 bits per heavy atom. The van der Waals surface area contributed by atoms with Crippen molar-refractivity contribution in [2.45, 2.75) is 19.8 Å². The summed E-state index contributed by atoms with van der Waals surface area (Å²) in [5, 5.41) is 2.55. The van der Waals surface area contributed by atoms with E-state index in [4.69, 9.17) is 0 Å². The smallest absolute Gasteiger partial charge is 0.229 e. The molecule has 1 N–H and O–H groups in total. The first-order valence-corrected chi connectivity index (χ1v) is 6.32. The van der Waals surface area contributed by atoms with E-state index in [1.54, 1.807) is 24.5 Å². The Kier molecular flexibility index (Phi) is 4.55. The molecule has 5 heteroatoms. The zero-order valence-electron chi connectivity index (χ0n) is 11.2. The van der Waals surface area contributed by atoms with E-state index < -0.39 is 0 Å². The lowest BCUT2D eigenvalue weighted by Crippen LogP contribution is -2.15. The van der Waals surface area contributed by atoms with Gasteiger partial charge in [-0.3, -0.25) is 14.9 Å². The van der Waals surface area contributed by atoms with Gasteiger partial charge in [-0.05, 0) is 18.6 Å². The second-order valence-corrected chi connectivity index (χ2v) is 4.36. The van der Waals surface area contributed by atoms with Crippen LogP contribution < -0.4 is 5.32 Å². The molecule has 102 valence electrons. The average Bonchev–Trinajstić information content (AvgIpc) is 2.46. The number of carbonyl (C=O) groups excluding carboxylic acids is 2. The van der Waals surface area contributed by atoms with E-state index in [-0.39, 0.29) is 30.5 Å². The molecule has 0 fully saturated rings. The zero-order chi connectivity index (χ0) is 14.4. The van der Waals surface area contributed by atoms with Crippen LogP contribution >= 0.6 is 0 Å². The molecule has 1 heterocycles. The fourth-order valence-corrected chi connectivity index (χ4v) is 1.80. The average molecular weight is 269 g/mol. The Balaban J connectivity index is 1.88. The van der Waals surface area contributed by atoms with Gasteiger partial charge in [0.2, 0.25) is 11.9 Å². The first-order chi connectivity index (χ1) is 9.66. The molecule has 1 aromatic heterocycles. The molecule has 0 aliphatic rings. The Bertz CT molecular complexity index is 612. The third-order valence-corrected chi connectivity index (χ3v) is 2.84. The van der Waals surface area contributed by atoms with E-state index in [0.29, 0.717) is 5.56 Å². The Hall–Kier alpha value is -2.56.